The van der Waals surface area contributed by atoms with Crippen molar-refractivity contribution in [1.82, 2.24) is 5.32 Å². The molecule has 0 aliphatic rings. The Hall–Kier alpha value is -1.92. The van der Waals surface area contributed by atoms with Gasteiger partial charge in [0, 0.05) is 12.8 Å². The second-order valence-electron chi connectivity index (χ2n) is 17.5. The number of nitrogens with one attached hydrogen (secondary N) is 1. The van der Waals surface area contributed by atoms with Crippen LogP contribution in [0.5, 0.6) is 0 Å². The second kappa shape index (κ2) is 48.7. The first kappa shape index (κ1) is 57.1. The summed E-state index contributed by atoms with van der Waals surface area (Å²) in [4.78, 5) is 24.4. The molecule has 2 atom stereocenters. The molecule has 0 bridgehead atoms. The first-order valence-corrected chi connectivity index (χ1v) is 25.8. The fourth-order valence-electron chi connectivity index (χ4n) is 7.68. The van der Waals surface area contributed by atoms with Gasteiger partial charge in [0.05, 0.1) is 25.4 Å². The number of esters is 1. The Balaban J connectivity index is 3.57. The van der Waals surface area contributed by atoms with Crippen LogP contribution in [0.2, 0.25) is 0 Å². The molecule has 0 aromatic carbocycles. The number of amides is 1. The minimum atomic E-state index is -0.858. The molecule has 0 heterocycles. The van der Waals surface area contributed by atoms with Gasteiger partial charge in [-0.3, -0.25) is 9.59 Å². The van der Waals surface area contributed by atoms with E-state index in [4.69, 9.17) is 4.74 Å². The fourth-order valence-corrected chi connectivity index (χ4v) is 7.68. The third-order valence-corrected chi connectivity index (χ3v) is 11.7. The smallest absolute Gasteiger partial charge is 0.305 e. The zero-order chi connectivity index (χ0) is 43.0. The van der Waals surface area contributed by atoms with E-state index in [1.165, 1.54) is 161 Å². The summed E-state index contributed by atoms with van der Waals surface area (Å²) in [6, 6.07) is -0.644. The van der Waals surface area contributed by atoms with Gasteiger partial charge in [0.2, 0.25) is 5.91 Å². The summed E-state index contributed by atoms with van der Waals surface area (Å²) in [5.41, 5.74) is 0. The van der Waals surface area contributed by atoms with Crippen LogP contribution in [0.1, 0.15) is 264 Å². The molecule has 0 aromatic heterocycles. The number of aliphatic hydroxyl groups is 2. The van der Waals surface area contributed by atoms with E-state index in [9.17, 15) is 19.8 Å². The van der Waals surface area contributed by atoms with Crippen molar-refractivity contribution in [3.8, 4) is 0 Å². The lowest BCUT2D eigenvalue weighted by Gasteiger charge is -2.20. The summed E-state index contributed by atoms with van der Waals surface area (Å²) < 4.78 is 5.42. The summed E-state index contributed by atoms with van der Waals surface area (Å²) in [6.07, 6.45) is 58.6. The third-order valence-electron chi connectivity index (χ3n) is 11.7. The van der Waals surface area contributed by atoms with Crippen molar-refractivity contribution >= 4 is 11.9 Å². The molecule has 3 N–H and O–H groups in total. The minimum absolute atomic E-state index is 0.0237. The molecule has 6 nitrogen and oxygen atoms in total. The predicted molar refractivity (Wildman–Crippen MR) is 255 cm³/mol. The molecule has 0 saturated carbocycles. The predicted octanol–water partition coefficient (Wildman–Crippen LogP) is 15.3. The zero-order valence-electron chi connectivity index (χ0n) is 39.2. The van der Waals surface area contributed by atoms with Gasteiger partial charge < -0.3 is 20.3 Å². The van der Waals surface area contributed by atoms with Gasteiger partial charge in [0.15, 0.2) is 0 Å². The Morgan fingerprint density at radius 3 is 1.25 bits per heavy atom. The van der Waals surface area contributed by atoms with Crippen molar-refractivity contribution in [2.45, 2.75) is 276 Å². The summed E-state index contributed by atoms with van der Waals surface area (Å²) in [6.45, 7) is 4.84. The zero-order valence-corrected chi connectivity index (χ0v) is 39.2. The van der Waals surface area contributed by atoms with Crippen LogP contribution in [-0.2, 0) is 14.3 Å². The van der Waals surface area contributed by atoms with E-state index < -0.39 is 12.1 Å². The molecule has 0 aliphatic heterocycles. The van der Waals surface area contributed by atoms with Crippen molar-refractivity contribution in [2.24, 2.45) is 0 Å². The van der Waals surface area contributed by atoms with Crippen molar-refractivity contribution < 1.29 is 24.5 Å². The van der Waals surface area contributed by atoms with Gasteiger partial charge in [-0.15, -0.1) is 0 Å². The van der Waals surface area contributed by atoms with Crippen molar-refractivity contribution in [1.29, 1.82) is 0 Å². The number of hydrogen-bond acceptors (Lipinski definition) is 5. The Morgan fingerprint density at radius 1 is 0.475 bits per heavy atom. The van der Waals surface area contributed by atoms with Crippen molar-refractivity contribution in [3.05, 3.63) is 36.5 Å². The molecule has 0 radical (unpaired) electrons. The van der Waals surface area contributed by atoms with E-state index in [0.717, 1.165) is 77.0 Å². The molecular formula is C53H99NO5. The molecule has 0 aliphatic carbocycles. The van der Waals surface area contributed by atoms with Crippen LogP contribution in [0.4, 0.5) is 0 Å². The molecule has 59 heavy (non-hydrogen) atoms. The maximum Gasteiger partial charge on any atom is 0.305 e. The average Bonchev–Trinajstić information content (AvgIpc) is 3.24. The maximum atomic E-state index is 12.4. The number of ether oxygens (including phenoxy) is 1. The van der Waals surface area contributed by atoms with Crippen LogP contribution < -0.4 is 5.32 Å². The van der Waals surface area contributed by atoms with Gasteiger partial charge in [-0.2, -0.15) is 0 Å². The quantitative estimate of drug-likeness (QED) is 0.0246. The van der Waals surface area contributed by atoms with Crippen LogP contribution in [0.15, 0.2) is 36.5 Å². The minimum Gasteiger partial charge on any atom is -0.466 e. The van der Waals surface area contributed by atoms with Gasteiger partial charge in [0.1, 0.15) is 0 Å². The number of unbranched alkanes of at least 4 members (excludes halogenated alkanes) is 33. The Labute approximate surface area is 366 Å². The van der Waals surface area contributed by atoms with E-state index in [-0.39, 0.29) is 18.5 Å². The number of rotatable bonds is 47. The first-order chi connectivity index (χ1) is 29.0. The molecule has 1 amide bonds. The molecule has 6 heteroatoms. The Kier molecular flexibility index (Phi) is 47.2. The Morgan fingerprint density at radius 2 is 0.831 bits per heavy atom. The summed E-state index contributed by atoms with van der Waals surface area (Å²) in [7, 11) is 0. The van der Waals surface area contributed by atoms with Gasteiger partial charge in [-0.05, 0) is 64.2 Å². The van der Waals surface area contributed by atoms with Crippen LogP contribution >= 0.6 is 0 Å². The number of carbonyl (C=O) groups excluding carboxylic acids is 2. The molecular weight excluding hydrogens is 731 g/mol. The SMILES string of the molecule is CCCCCCCCCCCCCCCC/C=C/C(O)C(CO)NC(=O)CCCCCCCC/C=C\C=C/CCCCCOC(=O)CCCCCCCCCCCCC. The van der Waals surface area contributed by atoms with Crippen molar-refractivity contribution in [3.63, 3.8) is 0 Å². The highest BCUT2D eigenvalue weighted by molar-refractivity contribution is 5.76. The van der Waals surface area contributed by atoms with Gasteiger partial charge >= 0.3 is 5.97 Å². The van der Waals surface area contributed by atoms with Crippen LogP contribution in [0.25, 0.3) is 0 Å². The lowest BCUT2D eigenvalue weighted by molar-refractivity contribution is -0.143. The van der Waals surface area contributed by atoms with Crippen LogP contribution in [0, 0.1) is 0 Å². The largest absolute Gasteiger partial charge is 0.466 e. The third kappa shape index (κ3) is 45.4. The van der Waals surface area contributed by atoms with Crippen molar-refractivity contribution in [2.75, 3.05) is 13.2 Å². The molecule has 0 fully saturated rings. The van der Waals surface area contributed by atoms with Gasteiger partial charge in [-0.25, -0.2) is 0 Å². The van der Waals surface area contributed by atoms with E-state index in [1.807, 2.05) is 6.08 Å². The Bertz CT molecular complexity index is 962. The first-order valence-electron chi connectivity index (χ1n) is 25.8. The lowest BCUT2D eigenvalue weighted by Crippen LogP contribution is -2.45. The number of hydrogen-bond donors (Lipinski definition) is 3. The highest BCUT2D eigenvalue weighted by Gasteiger charge is 2.18. The fraction of sp³-hybridized carbons (Fsp3) is 0.849. The van der Waals surface area contributed by atoms with Gasteiger partial charge in [-0.1, -0.05) is 224 Å². The molecule has 0 spiro atoms. The molecule has 346 valence electrons. The summed E-state index contributed by atoms with van der Waals surface area (Å²) >= 11 is 0. The molecule has 2 unspecified atom stereocenters. The van der Waals surface area contributed by atoms with Crippen LogP contribution in [-0.4, -0.2) is 47.4 Å². The molecule has 0 rings (SSSR count). The van der Waals surface area contributed by atoms with E-state index in [2.05, 4.69) is 43.5 Å². The van der Waals surface area contributed by atoms with E-state index in [0.29, 0.717) is 19.4 Å². The summed E-state index contributed by atoms with van der Waals surface area (Å²) in [5, 5.41) is 23.0. The normalized spacial score (nSPS) is 12.9. The lowest BCUT2D eigenvalue weighted by atomic mass is 10.0. The molecule has 0 aromatic rings. The highest BCUT2D eigenvalue weighted by Crippen LogP contribution is 2.15. The van der Waals surface area contributed by atoms with E-state index in [1.54, 1.807) is 6.08 Å². The highest BCUT2D eigenvalue weighted by atomic mass is 16.5. The number of allylic oxidation sites excluding steroid dienone is 5. The van der Waals surface area contributed by atoms with Gasteiger partial charge in [0.25, 0.3) is 0 Å². The summed E-state index contributed by atoms with van der Waals surface area (Å²) in [5.74, 6) is -0.114. The maximum absolute atomic E-state index is 12.4. The topological polar surface area (TPSA) is 95.9 Å². The monoisotopic (exact) mass is 830 g/mol. The number of carbonyl (C=O) groups is 2. The molecule has 0 saturated heterocycles. The second-order valence-corrected chi connectivity index (χ2v) is 17.5. The van der Waals surface area contributed by atoms with Crippen LogP contribution in [0.3, 0.4) is 0 Å². The number of aliphatic hydroxyl groups excluding tert-OH is 2. The van der Waals surface area contributed by atoms with E-state index >= 15 is 0 Å². The average molecular weight is 830 g/mol. The standard InChI is InChI=1S/C53H99NO5/c1-3-5-7-9-11-13-15-16-17-19-22-26-29-33-37-41-45-51(56)50(49-55)54-52(57)46-42-38-34-30-27-23-20-18-21-24-28-32-36-40-44-48-59-53(58)47-43-39-35-31-25-14-12-10-8-6-4-2/h18,21,24,28,41,45,50-51,55-56H,3-17,19-20,22-23,25-27,29-40,42-44,46-49H2,1-2H3,(H,54,57)/b21-18-,28-24-,45-41+.